The number of esters is 4. The minimum Gasteiger partial charge on any atom is -0.409 e. The molecule has 0 amide bonds. The Balaban J connectivity index is 2.47. The van der Waals surface area contributed by atoms with Crippen LogP contribution in [0.1, 0.15) is 0 Å². The third-order valence-corrected chi connectivity index (χ3v) is 2.55. The van der Waals surface area contributed by atoms with E-state index in [1.54, 1.807) is 0 Å². The molecule has 112 valence electrons. The molecule has 4 N–H and O–H groups in total. The molecule has 0 radical (unpaired) electrons. The van der Waals surface area contributed by atoms with E-state index in [0.717, 1.165) is 24.3 Å². The predicted octanol–water partition coefficient (Wildman–Crippen LogP) is -2.43. The smallest absolute Gasteiger partial charge is 0.398 e. The highest BCUT2D eigenvalue weighted by atomic mass is 16.8. The van der Waals surface area contributed by atoms with Gasteiger partial charge in [-0.2, -0.15) is 0 Å². The molecule has 0 spiro atoms. The van der Waals surface area contributed by atoms with E-state index in [-0.39, 0.29) is 0 Å². The number of ether oxygens (including phenoxy) is 4. The summed E-state index contributed by atoms with van der Waals surface area (Å²) in [7, 11) is 0. The quantitative estimate of drug-likeness (QED) is 0.525. The fraction of sp³-hybridized carbons (Fsp3) is 0.273. The Morgan fingerprint density at radius 2 is 1.10 bits per heavy atom. The van der Waals surface area contributed by atoms with Gasteiger partial charge in [0.1, 0.15) is 0 Å². The molecule has 0 atom stereocenters. The van der Waals surface area contributed by atoms with Crippen LogP contribution in [0.4, 0.5) is 0 Å². The molecule has 2 rings (SSSR count). The molecule has 0 saturated carbocycles. The summed E-state index contributed by atoms with van der Waals surface area (Å²) in [6, 6.07) is 0. The number of cyclic esters (lactones) is 4. The van der Waals surface area contributed by atoms with E-state index in [1.165, 1.54) is 0 Å². The molecule has 10 heteroatoms. The summed E-state index contributed by atoms with van der Waals surface area (Å²) < 4.78 is 19.0. The molecule has 0 unspecified atom stereocenters. The average Bonchev–Trinajstić information content (AvgIpc) is 2.64. The molecule has 2 aliphatic rings. The van der Waals surface area contributed by atoms with E-state index in [4.69, 9.17) is 30.4 Å². The minimum absolute atomic E-state index is 0.733. The van der Waals surface area contributed by atoms with Crippen LogP contribution in [-0.2, 0) is 38.1 Å². The van der Waals surface area contributed by atoms with E-state index in [0.29, 0.717) is 0 Å². The van der Waals surface area contributed by atoms with Gasteiger partial charge in [0.05, 0.1) is 6.54 Å². The summed E-state index contributed by atoms with van der Waals surface area (Å²) in [4.78, 5) is 45.8. The zero-order valence-electron chi connectivity index (χ0n) is 10.4. The third-order valence-electron chi connectivity index (χ3n) is 2.55. The van der Waals surface area contributed by atoms with Gasteiger partial charge >= 0.3 is 35.6 Å². The summed E-state index contributed by atoms with van der Waals surface area (Å²) in [5, 5.41) is 0. The van der Waals surface area contributed by atoms with Crippen LogP contribution >= 0.6 is 0 Å². The molecule has 2 heterocycles. The maximum atomic E-state index is 11.5. The molecule has 0 bridgehead atoms. The van der Waals surface area contributed by atoms with Crippen molar-refractivity contribution in [1.82, 2.24) is 0 Å². The van der Waals surface area contributed by atoms with Crippen LogP contribution < -0.4 is 11.5 Å². The van der Waals surface area contributed by atoms with Gasteiger partial charge in [0.25, 0.3) is 0 Å². The average molecular weight is 298 g/mol. The minimum atomic E-state index is -2.74. The first-order valence-corrected chi connectivity index (χ1v) is 5.57. The van der Waals surface area contributed by atoms with E-state index in [9.17, 15) is 19.2 Å². The van der Waals surface area contributed by atoms with Crippen LogP contribution in [-0.4, -0.2) is 42.1 Å². The molecule has 0 fully saturated rings. The normalized spacial score (nSPS) is 23.3. The second-order valence-corrected chi connectivity index (χ2v) is 3.98. The fourth-order valence-electron chi connectivity index (χ4n) is 1.60. The van der Waals surface area contributed by atoms with Gasteiger partial charge in [0.15, 0.2) is 0 Å². The summed E-state index contributed by atoms with van der Waals surface area (Å²) in [5.41, 5.74) is 11.1. The van der Waals surface area contributed by atoms with Crippen LogP contribution in [0.5, 0.6) is 0 Å². The number of rotatable bonds is 2. The van der Waals surface area contributed by atoms with Gasteiger partial charge in [0, 0.05) is 24.3 Å². The maximum Gasteiger partial charge on any atom is 0.398 e. The Labute approximate surface area is 117 Å². The van der Waals surface area contributed by atoms with Crippen LogP contribution in [0, 0.1) is 0 Å². The fourth-order valence-corrected chi connectivity index (χ4v) is 1.60. The van der Waals surface area contributed by atoms with Crippen molar-refractivity contribution in [2.45, 2.75) is 11.7 Å². The molecule has 2 aliphatic heterocycles. The number of carbonyl (C=O) groups excluding carboxylic acids is 4. The van der Waals surface area contributed by atoms with Crippen molar-refractivity contribution in [1.29, 1.82) is 0 Å². The summed E-state index contributed by atoms with van der Waals surface area (Å²) in [6.45, 7) is -0.733. The lowest BCUT2D eigenvalue weighted by molar-refractivity contribution is -0.352. The van der Waals surface area contributed by atoms with E-state index < -0.39 is 42.1 Å². The van der Waals surface area contributed by atoms with Crippen molar-refractivity contribution in [3.63, 3.8) is 0 Å². The molecule has 0 aromatic carbocycles. The molecule has 0 aliphatic carbocycles. The first-order chi connectivity index (χ1) is 9.80. The zero-order chi connectivity index (χ0) is 15.7. The van der Waals surface area contributed by atoms with Crippen LogP contribution in [0.15, 0.2) is 24.3 Å². The Morgan fingerprint density at radius 3 is 1.43 bits per heavy atom. The highest BCUT2D eigenvalue weighted by molar-refractivity contribution is 5.95. The summed E-state index contributed by atoms with van der Waals surface area (Å²) in [5.74, 6) is -9.54. The van der Waals surface area contributed by atoms with Crippen molar-refractivity contribution < 1.29 is 38.1 Å². The molecule has 10 nitrogen and oxygen atoms in total. The summed E-state index contributed by atoms with van der Waals surface area (Å²) in [6.07, 6.45) is 2.98. The van der Waals surface area contributed by atoms with Crippen molar-refractivity contribution in [2.75, 3.05) is 6.54 Å². The molecule has 21 heavy (non-hydrogen) atoms. The SMILES string of the molecule is NCC1(C2(N)OC(=O)C=CC(=O)O2)OC(=O)C=CC(=O)O1. The Bertz CT molecular complexity index is 539. The van der Waals surface area contributed by atoms with Gasteiger partial charge in [-0.15, -0.1) is 0 Å². The lowest BCUT2D eigenvalue weighted by Gasteiger charge is -2.40. The van der Waals surface area contributed by atoms with Gasteiger partial charge in [-0.3, -0.25) is 5.73 Å². The monoisotopic (exact) mass is 298 g/mol. The highest BCUT2D eigenvalue weighted by Crippen LogP contribution is 2.31. The van der Waals surface area contributed by atoms with Crippen LogP contribution in [0.3, 0.4) is 0 Å². The lowest BCUT2D eigenvalue weighted by Crippen LogP contribution is -2.70. The van der Waals surface area contributed by atoms with Crippen molar-refractivity contribution >= 4 is 23.9 Å². The molecule has 0 aromatic heterocycles. The van der Waals surface area contributed by atoms with Gasteiger partial charge in [0.2, 0.25) is 0 Å². The Kier molecular flexibility index (Phi) is 3.49. The standard InChI is InChI=1S/C11H10N2O8/c12-5-10(18-6(14)1-2-7(15)19-10)11(13)20-8(16)3-4-9(17)21-11/h1-4H,5,12-13H2. The molecular weight excluding hydrogens is 288 g/mol. The highest BCUT2D eigenvalue weighted by Gasteiger charge is 2.63. The number of hydrogen-bond acceptors (Lipinski definition) is 10. The van der Waals surface area contributed by atoms with Crippen LogP contribution in [0.2, 0.25) is 0 Å². The first-order valence-electron chi connectivity index (χ1n) is 5.57. The first kappa shape index (κ1) is 14.7. The van der Waals surface area contributed by atoms with Crippen LogP contribution in [0.25, 0.3) is 0 Å². The van der Waals surface area contributed by atoms with E-state index in [2.05, 4.69) is 0 Å². The van der Waals surface area contributed by atoms with Gasteiger partial charge in [-0.1, -0.05) is 0 Å². The number of hydrogen-bond donors (Lipinski definition) is 2. The van der Waals surface area contributed by atoms with Gasteiger partial charge < -0.3 is 24.7 Å². The van der Waals surface area contributed by atoms with Gasteiger partial charge in [-0.05, 0) is 0 Å². The Hall–Kier alpha value is -2.72. The zero-order valence-corrected chi connectivity index (χ0v) is 10.4. The van der Waals surface area contributed by atoms with Crippen molar-refractivity contribution in [2.24, 2.45) is 11.5 Å². The predicted molar refractivity (Wildman–Crippen MR) is 61.4 cm³/mol. The lowest BCUT2D eigenvalue weighted by atomic mass is 10.2. The summed E-state index contributed by atoms with van der Waals surface area (Å²) >= 11 is 0. The third kappa shape index (κ3) is 2.61. The van der Waals surface area contributed by atoms with Gasteiger partial charge in [-0.25, -0.2) is 19.2 Å². The molecule has 0 aromatic rings. The van der Waals surface area contributed by atoms with Crippen molar-refractivity contribution in [3.05, 3.63) is 24.3 Å². The van der Waals surface area contributed by atoms with Crippen molar-refractivity contribution in [3.8, 4) is 0 Å². The topological polar surface area (TPSA) is 157 Å². The van der Waals surface area contributed by atoms with E-state index in [1.807, 2.05) is 0 Å². The number of carbonyl (C=O) groups is 4. The second-order valence-electron chi connectivity index (χ2n) is 3.98. The maximum absolute atomic E-state index is 11.5. The second kappa shape index (κ2) is 5.00. The number of nitrogens with two attached hydrogens (primary N) is 2. The molecular formula is C11H10N2O8. The largest absolute Gasteiger partial charge is 0.409 e. The Morgan fingerprint density at radius 1 is 0.762 bits per heavy atom. The molecule has 0 saturated heterocycles. The van der Waals surface area contributed by atoms with E-state index >= 15 is 0 Å².